The number of hydrogen-bond donors (Lipinski definition) is 3. The van der Waals surface area contributed by atoms with Gasteiger partial charge in [-0.2, -0.15) is 0 Å². The number of piperidine rings is 1. The van der Waals surface area contributed by atoms with Crippen LogP contribution in [-0.4, -0.2) is 52.0 Å². The number of aliphatic hydroxyl groups excluding tert-OH is 1. The van der Waals surface area contributed by atoms with Gasteiger partial charge in [-0.05, 0) is 25.0 Å². The SMILES string of the molecule is CC[C@@H]1C[N@+]23CCc4c([nH]c5ccccc45)[C@]2(C)[C@@]1(O)CC3.CO.[Cl-]. The highest BCUT2D eigenvalue weighted by atomic mass is 35.5. The quantitative estimate of drug-likeness (QED) is 0.600. The van der Waals surface area contributed by atoms with Gasteiger partial charge in [0, 0.05) is 36.8 Å². The Labute approximate surface area is 155 Å². The van der Waals surface area contributed by atoms with Gasteiger partial charge in [0.2, 0.25) is 0 Å². The van der Waals surface area contributed by atoms with Crippen LogP contribution in [-0.2, 0) is 12.0 Å². The second-order valence-electron chi connectivity index (χ2n) is 7.90. The first-order valence-electron chi connectivity index (χ1n) is 9.19. The van der Waals surface area contributed by atoms with Crippen molar-refractivity contribution in [3.8, 4) is 0 Å². The minimum absolute atomic E-state index is 0. The minimum Gasteiger partial charge on any atom is -1.00 e. The van der Waals surface area contributed by atoms with Gasteiger partial charge in [-0.1, -0.05) is 25.1 Å². The second-order valence-corrected chi connectivity index (χ2v) is 7.90. The van der Waals surface area contributed by atoms with E-state index in [0.717, 1.165) is 43.9 Å². The van der Waals surface area contributed by atoms with Crippen LogP contribution in [0.4, 0.5) is 0 Å². The molecule has 25 heavy (non-hydrogen) atoms. The first kappa shape index (κ1) is 18.7. The summed E-state index contributed by atoms with van der Waals surface area (Å²) >= 11 is 0. The molecule has 4 atom stereocenters. The van der Waals surface area contributed by atoms with Crippen molar-refractivity contribution in [2.45, 2.75) is 44.2 Å². The van der Waals surface area contributed by atoms with Crippen molar-refractivity contribution in [1.82, 2.24) is 4.98 Å². The Morgan fingerprint density at radius 1 is 1.24 bits per heavy atom. The summed E-state index contributed by atoms with van der Waals surface area (Å²) in [5, 5.41) is 20.0. The summed E-state index contributed by atoms with van der Waals surface area (Å²) in [4.78, 5) is 3.72. The number of aromatic amines is 1. The maximum Gasteiger partial charge on any atom is 0.167 e. The molecule has 4 heterocycles. The van der Waals surface area contributed by atoms with Gasteiger partial charge < -0.3 is 32.1 Å². The zero-order chi connectivity index (χ0) is 17.2. The highest BCUT2D eigenvalue weighted by molar-refractivity contribution is 5.85. The predicted molar refractivity (Wildman–Crippen MR) is 95.7 cm³/mol. The largest absolute Gasteiger partial charge is 1.00 e. The Morgan fingerprint density at radius 2 is 1.96 bits per heavy atom. The Morgan fingerprint density at radius 3 is 2.68 bits per heavy atom. The first-order chi connectivity index (χ1) is 11.6. The molecule has 5 rings (SSSR count). The molecule has 2 aromatic rings. The lowest BCUT2D eigenvalue weighted by Crippen LogP contribution is -3.00. The summed E-state index contributed by atoms with van der Waals surface area (Å²) in [6.45, 7) is 8.05. The molecule has 0 radical (unpaired) electrons. The molecule has 3 aliphatic rings. The normalized spacial score (nSPS) is 37.7. The number of aliphatic hydroxyl groups is 2. The molecule has 2 bridgehead atoms. The molecule has 2 fully saturated rings. The van der Waals surface area contributed by atoms with E-state index < -0.39 is 5.60 Å². The van der Waals surface area contributed by atoms with E-state index in [1.54, 1.807) is 0 Å². The van der Waals surface area contributed by atoms with Gasteiger partial charge in [0.05, 0.1) is 25.3 Å². The Hall–Kier alpha value is -1.07. The number of H-pyrrole nitrogens is 1. The second kappa shape index (κ2) is 5.98. The molecule has 0 spiro atoms. The summed E-state index contributed by atoms with van der Waals surface area (Å²) in [6.07, 6.45) is 3.18. The van der Waals surface area contributed by atoms with Gasteiger partial charge in [0.1, 0.15) is 5.60 Å². The van der Waals surface area contributed by atoms with E-state index >= 15 is 0 Å². The number of halogens is 1. The van der Waals surface area contributed by atoms with E-state index in [9.17, 15) is 5.11 Å². The number of aromatic nitrogens is 1. The molecule has 0 saturated carbocycles. The van der Waals surface area contributed by atoms with Crippen LogP contribution in [0.5, 0.6) is 0 Å². The number of nitrogens with one attached hydrogen (secondary N) is 1. The molecule has 138 valence electrons. The Kier molecular flexibility index (Phi) is 4.48. The van der Waals surface area contributed by atoms with E-state index in [4.69, 9.17) is 5.11 Å². The topological polar surface area (TPSA) is 56.2 Å². The molecule has 0 amide bonds. The summed E-state index contributed by atoms with van der Waals surface area (Å²) < 4.78 is 1.10. The van der Waals surface area contributed by atoms with E-state index in [1.807, 2.05) is 0 Å². The van der Waals surface area contributed by atoms with Crippen LogP contribution < -0.4 is 12.4 Å². The third kappa shape index (κ3) is 1.94. The van der Waals surface area contributed by atoms with Crippen LogP contribution in [0.25, 0.3) is 10.9 Å². The molecule has 1 aromatic heterocycles. The fourth-order valence-electron chi connectivity index (χ4n) is 6.26. The van der Waals surface area contributed by atoms with Crippen LogP contribution in [0.15, 0.2) is 24.3 Å². The van der Waals surface area contributed by atoms with Gasteiger partial charge >= 0.3 is 0 Å². The van der Waals surface area contributed by atoms with Gasteiger partial charge in [-0.15, -0.1) is 0 Å². The third-order valence-electron chi connectivity index (χ3n) is 7.54. The molecule has 3 N–H and O–H groups in total. The zero-order valence-electron chi connectivity index (χ0n) is 15.3. The van der Waals surface area contributed by atoms with Crippen LogP contribution in [0.2, 0.25) is 0 Å². The van der Waals surface area contributed by atoms with Crippen molar-refractivity contribution < 1.29 is 27.1 Å². The summed E-state index contributed by atoms with van der Waals surface area (Å²) in [6, 6.07) is 8.64. The first-order valence-corrected chi connectivity index (χ1v) is 9.19. The van der Waals surface area contributed by atoms with Gasteiger partial charge in [0.25, 0.3) is 0 Å². The number of nitrogens with zero attached hydrogens (tertiary/aromatic N) is 1. The smallest absolute Gasteiger partial charge is 0.167 e. The lowest BCUT2D eigenvalue weighted by atomic mass is 9.72. The van der Waals surface area contributed by atoms with Crippen LogP contribution >= 0.6 is 0 Å². The molecule has 3 aliphatic heterocycles. The highest BCUT2D eigenvalue weighted by Crippen LogP contribution is 2.63. The number of para-hydroxylation sites is 1. The van der Waals surface area contributed by atoms with Gasteiger partial charge in [-0.3, -0.25) is 0 Å². The van der Waals surface area contributed by atoms with Crippen molar-refractivity contribution in [2.75, 3.05) is 26.7 Å². The highest BCUT2D eigenvalue weighted by Gasteiger charge is 2.77. The van der Waals surface area contributed by atoms with Crippen LogP contribution in [0.3, 0.4) is 0 Å². The Bertz CT molecular complexity index is 791. The lowest BCUT2D eigenvalue weighted by molar-refractivity contribution is -0.965. The maximum atomic E-state index is 11.7. The molecule has 4 nitrogen and oxygen atoms in total. The zero-order valence-corrected chi connectivity index (χ0v) is 16.1. The Balaban J connectivity index is 0.000000588. The molecule has 1 aromatic carbocycles. The summed E-state index contributed by atoms with van der Waals surface area (Å²) in [5.41, 5.74) is 3.33. The average Bonchev–Trinajstić information content (AvgIpc) is 3.17. The number of fused-ring (bicyclic) bond motifs is 3. The van der Waals surface area contributed by atoms with E-state index in [1.165, 1.54) is 28.7 Å². The van der Waals surface area contributed by atoms with E-state index in [2.05, 4.69) is 43.1 Å². The minimum atomic E-state index is -0.544. The van der Waals surface area contributed by atoms with E-state index in [0.29, 0.717) is 5.92 Å². The van der Waals surface area contributed by atoms with Crippen molar-refractivity contribution >= 4 is 10.9 Å². The molecule has 2 saturated heterocycles. The van der Waals surface area contributed by atoms with Crippen LogP contribution in [0.1, 0.15) is 37.9 Å². The maximum absolute atomic E-state index is 11.7. The number of hydrogen-bond acceptors (Lipinski definition) is 2. The van der Waals surface area contributed by atoms with Gasteiger partial charge in [0.15, 0.2) is 5.54 Å². The molecule has 0 aliphatic carbocycles. The number of rotatable bonds is 1. The molecule has 0 unspecified atom stereocenters. The number of benzene rings is 1. The standard InChI is InChI=1S/C19H25N2O.CH4O.ClH/c1-3-13-12-21-10-8-15-14-6-4-5-7-16(14)20-17(15)18(21,2)19(13,22)9-11-21;1-2;/h4-7,13,20,22H,3,8-12H2,1-2H3;2H,1H3;1H/q+1;;/p-1/t13-,18-,19-,21-;;/m1../s1. The van der Waals surface area contributed by atoms with Crippen molar-refractivity contribution in [3.05, 3.63) is 35.5 Å². The van der Waals surface area contributed by atoms with E-state index in [-0.39, 0.29) is 17.9 Å². The summed E-state index contributed by atoms with van der Waals surface area (Å²) in [7, 11) is 1.00. The van der Waals surface area contributed by atoms with Crippen molar-refractivity contribution in [1.29, 1.82) is 0 Å². The van der Waals surface area contributed by atoms with Gasteiger partial charge in [-0.25, -0.2) is 0 Å². The monoisotopic (exact) mass is 364 g/mol. The number of quaternary nitrogens is 1. The molecular weight excluding hydrogens is 336 g/mol. The molecule has 5 heteroatoms. The van der Waals surface area contributed by atoms with Crippen LogP contribution in [0, 0.1) is 5.92 Å². The van der Waals surface area contributed by atoms with Crippen molar-refractivity contribution in [3.63, 3.8) is 0 Å². The molecular formula is C20H29ClN2O2. The third-order valence-corrected chi connectivity index (χ3v) is 7.54. The average molecular weight is 365 g/mol. The predicted octanol–water partition coefficient (Wildman–Crippen LogP) is -0.457. The fraction of sp³-hybridized carbons (Fsp3) is 0.600. The summed E-state index contributed by atoms with van der Waals surface area (Å²) in [5.74, 6) is 0.434. The van der Waals surface area contributed by atoms with Crippen molar-refractivity contribution in [2.24, 2.45) is 5.92 Å². The lowest BCUT2D eigenvalue weighted by Gasteiger charge is -2.47. The fourth-order valence-corrected chi connectivity index (χ4v) is 6.26.